The minimum Gasteiger partial charge on any atom is -0.493 e. The number of H-pyrrole nitrogens is 1. The number of carbonyl (C=O) groups is 1. The second-order valence-electron chi connectivity index (χ2n) is 7.12. The SMILES string of the molecule is COc1ccc(C(=O)NC2CCN(c3cc(-c4ccc(Cl)cc4)[nH]n3)C2)cc1OC. The molecular weight excluding hydrogens is 404 g/mol. The average Bonchev–Trinajstić information content (AvgIpc) is 3.43. The first-order valence-corrected chi connectivity index (χ1v) is 10.0. The fourth-order valence-corrected chi connectivity index (χ4v) is 3.71. The van der Waals surface area contributed by atoms with Crippen LogP contribution in [-0.4, -0.2) is 49.5 Å². The number of hydrogen-bond acceptors (Lipinski definition) is 5. The molecule has 2 aromatic carbocycles. The number of carbonyl (C=O) groups excluding carboxylic acids is 1. The smallest absolute Gasteiger partial charge is 0.251 e. The van der Waals surface area contributed by atoms with E-state index in [0.717, 1.165) is 30.0 Å². The van der Waals surface area contributed by atoms with E-state index in [0.29, 0.717) is 28.6 Å². The largest absolute Gasteiger partial charge is 0.493 e. The topological polar surface area (TPSA) is 79.5 Å². The molecule has 2 heterocycles. The van der Waals surface area contributed by atoms with Crippen LogP contribution in [0.3, 0.4) is 0 Å². The number of halogens is 1. The quantitative estimate of drug-likeness (QED) is 0.627. The molecule has 4 rings (SSSR count). The summed E-state index contributed by atoms with van der Waals surface area (Å²) in [6, 6.07) is 14.8. The van der Waals surface area contributed by atoms with Gasteiger partial charge in [-0.2, -0.15) is 5.10 Å². The molecule has 1 aromatic heterocycles. The summed E-state index contributed by atoms with van der Waals surface area (Å²) in [5, 5.41) is 11.3. The molecule has 1 aliphatic heterocycles. The van der Waals surface area contributed by atoms with Crippen molar-refractivity contribution in [2.75, 3.05) is 32.2 Å². The number of hydrogen-bond donors (Lipinski definition) is 2. The Hall–Kier alpha value is -3.19. The molecule has 0 bridgehead atoms. The summed E-state index contributed by atoms with van der Waals surface area (Å²) in [5.74, 6) is 1.86. The molecule has 1 aliphatic rings. The number of ether oxygens (including phenoxy) is 2. The third-order valence-electron chi connectivity index (χ3n) is 5.21. The maximum Gasteiger partial charge on any atom is 0.251 e. The van der Waals surface area contributed by atoms with Crippen LogP contribution in [0.2, 0.25) is 5.02 Å². The molecule has 3 aromatic rings. The van der Waals surface area contributed by atoms with Crippen LogP contribution in [0.5, 0.6) is 11.5 Å². The molecule has 1 unspecified atom stereocenters. The highest BCUT2D eigenvalue weighted by Crippen LogP contribution is 2.28. The van der Waals surface area contributed by atoms with Crippen LogP contribution in [-0.2, 0) is 0 Å². The number of nitrogens with one attached hydrogen (secondary N) is 2. The normalized spacial score (nSPS) is 15.8. The fraction of sp³-hybridized carbons (Fsp3) is 0.273. The van der Waals surface area contributed by atoms with Crippen LogP contribution >= 0.6 is 11.6 Å². The molecule has 2 N–H and O–H groups in total. The number of rotatable bonds is 6. The number of aromatic amines is 1. The molecule has 1 saturated heterocycles. The van der Waals surface area contributed by atoms with Crippen LogP contribution in [0, 0.1) is 0 Å². The van der Waals surface area contributed by atoms with Gasteiger partial charge in [-0.3, -0.25) is 9.89 Å². The second kappa shape index (κ2) is 8.67. The molecule has 1 atom stereocenters. The van der Waals surface area contributed by atoms with Crippen molar-refractivity contribution < 1.29 is 14.3 Å². The molecule has 30 heavy (non-hydrogen) atoms. The van der Waals surface area contributed by atoms with Crippen molar-refractivity contribution in [3.8, 4) is 22.8 Å². The maximum atomic E-state index is 12.7. The van der Waals surface area contributed by atoms with Crippen LogP contribution in [0.15, 0.2) is 48.5 Å². The van der Waals surface area contributed by atoms with Gasteiger partial charge >= 0.3 is 0 Å². The number of benzene rings is 2. The first-order valence-electron chi connectivity index (χ1n) is 9.66. The van der Waals surface area contributed by atoms with Gasteiger partial charge < -0.3 is 19.7 Å². The summed E-state index contributed by atoms with van der Waals surface area (Å²) in [6.07, 6.45) is 0.849. The molecule has 1 fully saturated rings. The summed E-state index contributed by atoms with van der Waals surface area (Å²) in [4.78, 5) is 14.8. The van der Waals surface area contributed by atoms with Crippen molar-refractivity contribution in [3.05, 3.63) is 59.1 Å². The average molecular weight is 427 g/mol. The minimum atomic E-state index is -0.133. The zero-order chi connectivity index (χ0) is 21.1. The van der Waals surface area contributed by atoms with E-state index in [2.05, 4.69) is 20.4 Å². The summed E-state index contributed by atoms with van der Waals surface area (Å²) in [7, 11) is 3.12. The van der Waals surface area contributed by atoms with Gasteiger partial charge in [-0.15, -0.1) is 0 Å². The van der Waals surface area contributed by atoms with Crippen molar-refractivity contribution in [1.82, 2.24) is 15.5 Å². The Morgan fingerprint density at radius 3 is 2.63 bits per heavy atom. The van der Waals surface area contributed by atoms with Crippen molar-refractivity contribution in [2.24, 2.45) is 0 Å². The minimum absolute atomic E-state index is 0.0429. The molecule has 0 spiro atoms. The third-order valence-corrected chi connectivity index (χ3v) is 5.46. The number of amides is 1. The van der Waals surface area contributed by atoms with Gasteiger partial charge in [0.05, 0.1) is 19.9 Å². The van der Waals surface area contributed by atoms with E-state index < -0.39 is 0 Å². The van der Waals surface area contributed by atoms with Crippen LogP contribution in [0.25, 0.3) is 11.3 Å². The lowest BCUT2D eigenvalue weighted by Gasteiger charge is -2.16. The highest BCUT2D eigenvalue weighted by Gasteiger charge is 2.26. The molecular formula is C22H23ClN4O3. The molecule has 0 radical (unpaired) electrons. The highest BCUT2D eigenvalue weighted by molar-refractivity contribution is 6.30. The monoisotopic (exact) mass is 426 g/mol. The second-order valence-corrected chi connectivity index (χ2v) is 7.56. The lowest BCUT2D eigenvalue weighted by molar-refractivity contribution is 0.0940. The van der Waals surface area contributed by atoms with E-state index in [9.17, 15) is 4.79 Å². The van der Waals surface area contributed by atoms with E-state index >= 15 is 0 Å². The van der Waals surface area contributed by atoms with E-state index in [1.807, 2.05) is 30.3 Å². The number of aromatic nitrogens is 2. The van der Waals surface area contributed by atoms with Gasteiger partial charge in [0.25, 0.3) is 5.91 Å². The standard InChI is InChI=1S/C22H23ClN4O3/c1-29-19-8-5-15(11-20(19)30-2)22(28)24-17-9-10-27(13-17)21-12-18(25-26-21)14-3-6-16(23)7-4-14/h3-8,11-12,17H,9-10,13H2,1-2H3,(H,24,28)(H,25,26). The predicted molar refractivity (Wildman–Crippen MR) is 117 cm³/mol. The van der Waals surface area contributed by atoms with Gasteiger partial charge in [-0.1, -0.05) is 23.7 Å². The zero-order valence-electron chi connectivity index (χ0n) is 16.8. The maximum absolute atomic E-state index is 12.7. The van der Waals surface area contributed by atoms with E-state index in [1.165, 1.54) is 0 Å². The molecule has 156 valence electrons. The van der Waals surface area contributed by atoms with Crippen molar-refractivity contribution in [2.45, 2.75) is 12.5 Å². The summed E-state index contributed by atoms with van der Waals surface area (Å²) in [5.41, 5.74) is 2.49. The summed E-state index contributed by atoms with van der Waals surface area (Å²) in [6.45, 7) is 1.52. The summed E-state index contributed by atoms with van der Waals surface area (Å²) < 4.78 is 10.5. The lowest BCUT2D eigenvalue weighted by Crippen LogP contribution is -2.37. The fourth-order valence-electron chi connectivity index (χ4n) is 3.58. The van der Waals surface area contributed by atoms with Crippen LogP contribution in [0.4, 0.5) is 5.82 Å². The Kier molecular flexibility index (Phi) is 5.81. The van der Waals surface area contributed by atoms with E-state index in [-0.39, 0.29) is 11.9 Å². The molecule has 7 nitrogen and oxygen atoms in total. The Morgan fingerprint density at radius 2 is 1.90 bits per heavy atom. The zero-order valence-corrected chi connectivity index (χ0v) is 17.6. The molecule has 0 aliphatic carbocycles. The van der Waals surface area contributed by atoms with Gasteiger partial charge in [0, 0.05) is 35.8 Å². The molecule has 0 saturated carbocycles. The molecule has 8 heteroatoms. The predicted octanol–water partition coefficient (Wildman–Crippen LogP) is 3.76. The highest BCUT2D eigenvalue weighted by atomic mass is 35.5. The Labute approximate surface area is 179 Å². The molecule has 1 amide bonds. The van der Waals surface area contributed by atoms with Gasteiger partial charge in [0.15, 0.2) is 17.3 Å². The van der Waals surface area contributed by atoms with Gasteiger partial charge in [-0.25, -0.2) is 0 Å². The Bertz CT molecular complexity index is 1040. The van der Waals surface area contributed by atoms with Gasteiger partial charge in [0.2, 0.25) is 0 Å². The van der Waals surface area contributed by atoms with Crippen molar-refractivity contribution in [1.29, 1.82) is 0 Å². The number of nitrogens with zero attached hydrogens (tertiary/aromatic N) is 2. The number of anilines is 1. The van der Waals surface area contributed by atoms with Crippen molar-refractivity contribution in [3.63, 3.8) is 0 Å². The van der Waals surface area contributed by atoms with E-state index in [4.69, 9.17) is 21.1 Å². The first-order chi connectivity index (χ1) is 14.6. The van der Waals surface area contributed by atoms with Crippen molar-refractivity contribution >= 4 is 23.3 Å². The summed E-state index contributed by atoms with van der Waals surface area (Å²) >= 11 is 5.96. The lowest BCUT2D eigenvalue weighted by atomic mass is 10.1. The third kappa shape index (κ3) is 4.21. The van der Waals surface area contributed by atoms with E-state index in [1.54, 1.807) is 32.4 Å². The van der Waals surface area contributed by atoms with Crippen LogP contribution < -0.4 is 19.7 Å². The van der Waals surface area contributed by atoms with Gasteiger partial charge in [-0.05, 0) is 42.3 Å². The Balaban J connectivity index is 1.39. The first kappa shape index (κ1) is 20.1. The van der Waals surface area contributed by atoms with Crippen LogP contribution in [0.1, 0.15) is 16.8 Å². The Morgan fingerprint density at radius 1 is 1.13 bits per heavy atom. The number of methoxy groups -OCH3 is 2. The van der Waals surface area contributed by atoms with Gasteiger partial charge in [0.1, 0.15) is 0 Å².